The number of hydrogen-bond acceptors (Lipinski definition) is 3. The fourth-order valence-electron chi connectivity index (χ4n) is 6.24. The van der Waals surface area contributed by atoms with Gasteiger partial charge in [0.05, 0.1) is 6.20 Å². The number of carbonyl (C=O) groups excluding carboxylic acids is 1. The van der Waals surface area contributed by atoms with Gasteiger partial charge in [0, 0.05) is 46.0 Å². The highest BCUT2D eigenvalue weighted by Crippen LogP contribution is 2.47. The van der Waals surface area contributed by atoms with Gasteiger partial charge in [0.15, 0.2) is 0 Å². The molecule has 5 rings (SSSR count). The van der Waals surface area contributed by atoms with Gasteiger partial charge in [-0.2, -0.15) is 5.10 Å². The quantitative estimate of drug-likeness (QED) is 0.209. The second-order valence-electron chi connectivity index (χ2n) is 13.5. The van der Waals surface area contributed by atoms with Crippen LogP contribution in [0, 0.1) is 17.8 Å². The van der Waals surface area contributed by atoms with E-state index in [0.29, 0.717) is 12.5 Å². The van der Waals surface area contributed by atoms with Crippen molar-refractivity contribution in [3.05, 3.63) is 65.5 Å². The fraction of sp³-hybridized carbons (Fsp3) is 0.684. The SMILES string of the molecule is C.C=C(C)CN(C)C=O.CC.CCC(C)Cc1cccc(C(C)(C)F)c1.Cn1cc(C2CCC(N3CC4CC4C3)CC2)cn1. The zero-order valence-corrected chi connectivity index (χ0v) is 28.8. The molecule has 2 saturated carbocycles. The maximum atomic E-state index is 13.7. The number of likely N-dealkylation sites (tertiary alicyclic amines) is 1. The molecule has 0 bridgehead atoms. The Hall–Kier alpha value is -2.47. The Morgan fingerprint density at radius 2 is 1.80 bits per heavy atom. The summed E-state index contributed by atoms with van der Waals surface area (Å²) >= 11 is 0. The van der Waals surface area contributed by atoms with Crippen molar-refractivity contribution in [3.63, 3.8) is 0 Å². The summed E-state index contributed by atoms with van der Waals surface area (Å²) in [7, 11) is 3.74. The highest BCUT2D eigenvalue weighted by atomic mass is 19.1. The van der Waals surface area contributed by atoms with Crippen molar-refractivity contribution < 1.29 is 9.18 Å². The van der Waals surface area contributed by atoms with E-state index >= 15 is 0 Å². The number of alkyl halides is 1. The molecule has 5 nitrogen and oxygen atoms in total. The molecule has 2 aliphatic carbocycles. The van der Waals surface area contributed by atoms with Crippen molar-refractivity contribution in [2.75, 3.05) is 26.7 Å². The van der Waals surface area contributed by atoms with Crippen molar-refractivity contribution in [2.24, 2.45) is 24.8 Å². The lowest BCUT2D eigenvalue weighted by atomic mass is 9.82. The van der Waals surface area contributed by atoms with E-state index in [0.717, 1.165) is 47.8 Å². The van der Waals surface area contributed by atoms with Gasteiger partial charge in [-0.25, -0.2) is 4.39 Å². The molecule has 0 spiro atoms. The minimum Gasteiger partial charge on any atom is -0.344 e. The first-order valence-electron chi connectivity index (χ1n) is 16.7. The summed E-state index contributed by atoms with van der Waals surface area (Å²) in [6.45, 7) is 20.6. The fourth-order valence-corrected chi connectivity index (χ4v) is 6.24. The van der Waals surface area contributed by atoms with E-state index < -0.39 is 5.67 Å². The normalized spacial score (nSPS) is 22.7. The van der Waals surface area contributed by atoms with Crippen LogP contribution in [0.4, 0.5) is 4.39 Å². The maximum Gasteiger partial charge on any atom is 0.209 e. The molecule has 6 heteroatoms. The lowest BCUT2D eigenvalue weighted by molar-refractivity contribution is -0.116. The molecule has 1 aromatic heterocycles. The smallest absolute Gasteiger partial charge is 0.209 e. The van der Waals surface area contributed by atoms with Crippen molar-refractivity contribution in [1.29, 1.82) is 0 Å². The molecule has 2 aromatic rings. The number of likely N-dealkylation sites (N-methyl/N-ethyl adjacent to an activating group) is 1. The average Bonchev–Trinajstić information content (AvgIpc) is 3.35. The van der Waals surface area contributed by atoms with Crippen LogP contribution in [0.1, 0.15) is 117 Å². The van der Waals surface area contributed by atoms with E-state index in [1.54, 1.807) is 25.8 Å². The Morgan fingerprint density at radius 3 is 2.25 bits per heavy atom. The lowest BCUT2D eigenvalue weighted by Gasteiger charge is -2.35. The van der Waals surface area contributed by atoms with Crippen molar-refractivity contribution in [2.45, 2.75) is 118 Å². The molecule has 250 valence electrons. The number of hydrogen-bond donors (Lipinski definition) is 0. The highest BCUT2D eigenvalue weighted by Gasteiger charge is 2.47. The van der Waals surface area contributed by atoms with Crippen molar-refractivity contribution >= 4 is 6.41 Å². The number of fused-ring (bicyclic) bond motifs is 1. The minimum absolute atomic E-state index is 0. The second-order valence-corrected chi connectivity index (χ2v) is 13.5. The number of amides is 1. The van der Waals surface area contributed by atoms with Gasteiger partial charge in [0.2, 0.25) is 6.41 Å². The first kappa shape index (κ1) is 39.6. The van der Waals surface area contributed by atoms with E-state index in [-0.39, 0.29) is 7.43 Å². The van der Waals surface area contributed by atoms with Crippen molar-refractivity contribution in [1.82, 2.24) is 19.6 Å². The van der Waals surface area contributed by atoms with Gasteiger partial charge in [-0.1, -0.05) is 78.0 Å². The van der Waals surface area contributed by atoms with Crippen molar-refractivity contribution in [3.8, 4) is 0 Å². The molecule has 1 aliphatic heterocycles. The van der Waals surface area contributed by atoms with Gasteiger partial charge < -0.3 is 4.90 Å². The molecule has 0 N–H and O–H groups in total. The van der Waals surface area contributed by atoms with Crippen LogP contribution in [-0.2, 0) is 23.9 Å². The standard InChI is InChI=1S/C15H23N3.C14H21F.C6H11NO.C2H6.CH4/c1-17-8-14(7-16-17)11-2-4-15(5-3-11)18-9-12-6-13(12)10-18;1-5-11(2)9-12-7-6-8-13(10-12)14(3,4)15;1-6(2)4-7(3)5-8;1-2;/h7-8,11-13,15H,2-6,9-10H2,1H3;6-8,10-11H,5,9H2,1-4H3;5H,1,4H2,2-3H3;1-2H3;1H4. The zero-order valence-electron chi connectivity index (χ0n) is 28.8. The Morgan fingerprint density at radius 1 is 1.18 bits per heavy atom. The number of aromatic nitrogens is 2. The summed E-state index contributed by atoms with van der Waals surface area (Å²) in [5, 5.41) is 4.31. The van der Waals surface area contributed by atoms with Crippen LogP contribution in [-0.4, -0.2) is 58.7 Å². The molecule has 3 unspecified atom stereocenters. The van der Waals surface area contributed by atoms with E-state index in [4.69, 9.17) is 0 Å². The van der Waals surface area contributed by atoms with Crippen LogP contribution in [0.15, 0.2) is 48.8 Å². The van der Waals surface area contributed by atoms with Gasteiger partial charge in [-0.15, -0.1) is 0 Å². The zero-order chi connectivity index (χ0) is 32.2. The summed E-state index contributed by atoms with van der Waals surface area (Å²) < 4.78 is 15.7. The summed E-state index contributed by atoms with van der Waals surface area (Å²) in [6.07, 6.45) is 14.3. The molecule has 1 amide bonds. The Labute approximate surface area is 270 Å². The van der Waals surface area contributed by atoms with E-state index in [9.17, 15) is 9.18 Å². The molecule has 1 aromatic carbocycles. The third-order valence-corrected chi connectivity index (χ3v) is 9.01. The molecule has 0 radical (unpaired) electrons. The van der Waals surface area contributed by atoms with E-state index in [1.165, 1.54) is 62.7 Å². The van der Waals surface area contributed by atoms with Crippen LogP contribution in [0.5, 0.6) is 0 Å². The van der Waals surface area contributed by atoms with Gasteiger partial charge in [0.25, 0.3) is 0 Å². The summed E-state index contributed by atoms with van der Waals surface area (Å²) in [5.74, 6) is 3.61. The number of nitrogens with zero attached hydrogens (tertiary/aromatic N) is 4. The van der Waals surface area contributed by atoms with Gasteiger partial charge in [-0.3, -0.25) is 14.4 Å². The number of rotatable bonds is 9. The predicted octanol–water partition coefficient (Wildman–Crippen LogP) is 9.19. The number of benzene rings is 1. The molecular formula is C38H65FN4O. The topological polar surface area (TPSA) is 41.4 Å². The van der Waals surface area contributed by atoms with Crippen LogP contribution in [0.25, 0.3) is 0 Å². The highest BCUT2D eigenvalue weighted by molar-refractivity contribution is 5.46. The molecule has 2 heterocycles. The van der Waals surface area contributed by atoms with Crippen LogP contribution in [0.3, 0.4) is 0 Å². The first-order valence-corrected chi connectivity index (χ1v) is 16.7. The Kier molecular flexibility index (Phi) is 17.2. The van der Waals surface area contributed by atoms with Crippen LogP contribution in [0.2, 0.25) is 0 Å². The van der Waals surface area contributed by atoms with Gasteiger partial charge in [-0.05, 0) is 99.7 Å². The average molecular weight is 613 g/mol. The Balaban J connectivity index is 0.000000340. The predicted molar refractivity (Wildman–Crippen MR) is 187 cm³/mol. The van der Waals surface area contributed by atoms with Gasteiger partial charge >= 0.3 is 0 Å². The summed E-state index contributed by atoms with van der Waals surface area (Å²) in [4.78, 5) is 14.3. The second kappa shape index (κ2) is 19.1. The third kappa shape index (κ3) is 13.3. The van der Waals surface area contributed by atoms with Crippen LogP contribution < -0.4 is 0 Å². The van der Waals surface area contributed by atoms with Crippen LogP contribution >= 0.6 is 0 Å². The maximum absolute atomic E-state index is 13.7. The van der Waals surface area contributed by atoms with E-state index in [1.807, 2.05) is 50.7 Å². The van der Waals surface area contributed by atoms with Gasteiger partial charge in [0.1, 0.15) is 5.67 Å². The molecule has 3 fully saturated rings. The Bertz CT molecular complexity index is 1090. The number of aryl methyl sites for hydroxylation is 1. The third-order valence-electron chi connectivity index (χ3n) is 9.01. The summed E-state index contributed by atoms with van der Waals surface area (Å²) in [6, 6.07) is 8.79. The molecule has 3 aliphatic rings. The van der Waals surface area contributed by atoms with E-state index in [2.05, 4.69) is 48.9 Å². The monoisotopic (exact) mass is 613 g/mol. The number of piperidine rings is 1. The number of halogens is 1. The molecule has 44 heavy (non-hydrogen) atoms. The summed E-state index contributed by atoms with van der Waals surface area (Å²) in [5.41, 5.74) is 3.25. The number of carbonyl (C=O) groups is 1. The minimum atomic E-state index is -1.23. The lowest BCUT2D eigenvalue weighted by Crippen LogP contribution is -2.37. The molecular weight excluding hydrogens is 547 g/mol. The first-order chi connectivity index (χ1) is 20.4. The molecule has 3 atom stereocenters. The largest absolute Gasteiger partial charge is 0.344 e. The molecule has 1 saturated heterocycles.